The first-order valence-corrected chi connectivity index (χ1v) is 6.35. The SMILES string of the molecule is CNC(c1cccc(Cl)c1Cl)C(C)C(C)C. The lowest BCUT2D eigenvalue weighted by Crippen LogP contribution is -2.27. The highest BCUT2D eigenvalue weighted by molar-refractivity contribution is 6.42. The Kier molecular flexibility index (Phi) is 5.10. The topological polar surface area (TPSA) is 12.0 Å². The fraction of sp³-hybridized carbons (Fsp3) is 0.538. The molecule has 0 aliphatic heterocycles. The zero-order chi connectivity index (χ0) is 12.3. The Morgan fingerprint density at radius 2 is 1.75 bits per heavy atom. The number of halogens is 2. The van der Waals surface area contributed by atoms with Crippen LogP contribution >= 0.6 is 23.2 Å². The highest BCUT2D eigenvalue weighted by Crippen LogP contribution is 2.35. The van der Waals surface area contributed by atoms with Crippen LogP contribution in [0.25, 0.3) is 0 Å². The van der Waals surface area contributed by atoms with Crippen molar-refractivity contribution in [2.75, 3.05) is 7.05 Å². The standard InChI is InChI=1S/C13H19Cl2N/c1-8(2)9(3)13(16-4)10-6-5-7-11(14)12(10)15/h5-9,13,16H,1-4H3. The Morgan fingerprint density at radius 1 is 1.12 bits per heavy atom. The van der Waals surface area contributed by atoms with Gasteiger partial charge >= 0.3 is 0 Å². The summed E-state index contributed by atoms with van der Waals surface area (Å²) in [7, 11) is 1.96. The highest BCUT2D eigenvalue weighted by Gasteiger charge is 2.22. The molecule has 0 spiro atoms. The van der Waals surface area contributed by atoms with Crippen LogP contribution in [0.5, 0.6) is 0 Å². The summed E-state index contributed by atoms with van der Waals surface area (Å²) < 4.78 is 0. The minimum absolute atomic E-state index is 0.242. The first-order chi connectivity index (χ1) is 7.49. The molecule has 90 valence electrons. The maximum absolute atomic E-state index is 6.24. The number of nitrogens with one attached hydrogen (secondary N) is 1. The number of hydrogen-bond acceptors (Lipinski definition) is 1. The average molecular weight is 260 g/mol. The minimum atomic E-state index is 0.242. The highest BCUT2D eigenvalue weighted by atomic mass is 35.5. The summed E-state index contributed by atoms with van der Waals surface area (Å²) in [6, 6.07) is 6.04. The molecule has 0 amide bonds. The van der Waals surface area contributed by atoms with Crippen LogP contribution < -0.4 is 5.32 Å². The maximum Gasteiger partial charge on any atom is 0.0640 e. The van der Waals surface area contributed by atoms with Gasteiger partial charge in [0.05, 0.1) is 10.0 Å². The van der Waals surface area contributed by atoms with Gasteiger partial charge in [-0.2, -0.15) is 0 Å². The number of benzene rings is 1. The number of hydrogen-bond donors (Lipinski definition) is 1. The molecule has 1 nitrogen and oxygen atoms in total. The van der Waals surface area contributed by atoms with Crippen molar-refractivity contribution >= 4 is 23.2 Å². The molecule has 1 aromatic rings. The van der Waals surface area contributed by atoms with E-state index in [9.17, 15) is 0 Å². The zero-order valence-electron chi connectivity index (χ0n) is 10.2. The molecule has 0 heterocycles. The van der Waals surface area contributed by atoms with Crippen LogP contribution in [0.2, 0.25) is 10.0 Å². The molecule has 1 aromatic carbocycles. The molecule has 1 rings (SSSR count). The van der Waals surface area contributed by atoms with Gasteiger partial charge < -0.3 is 5.32 Å². The minimum Gasteiger partial charge on any atom is -0.313 e. The molecule has 2 atom stereocenters. The summed E-state index contributed by atoms with van der Waals surface area (Å²) >= 11 is 12.3. The van der Waals surface area contributed by atoms with Crippen molar-refractivity contribution in [3.8, 4) is 0 Å². The number of rotatable bonds is 4. The van der Waals surface area contributed by atoms with Crippen molar-refractivity contribution in [3.63, 3.8) is 0 Å². The van der Waals surface area contributed by atoms with Crippen molar-refractivity contribution < 1.29 is 0 Å². The van der Waals surface area contributed by atoms with Gasteiger partial charge in [0.15, 0.2) is 0 Å². The van der Waals surface area contributed by atoms with Crippen LogP contribution in [0.4, 0.5) is 0 Å². The fourth-order valence-corrected chi connectivity index (χ4v) is 2.27. The van der Waals surface area contributed by atoms with E-state index in [-0.39, 0.29) is 6.04 Å². The third kappa shape index (κ3) is 2.91. The maximum atomic E-state index is 6.24. The van der Waals surface area contributed by atoms with E-state index >= 15 is 0 Å². The first kappa shape index (κ1) is 13.8. The molecule has 0 saturated carbocycles. The lowest BCUT2D eigenvalue weighted by molar-refractivity contribution is 0.317. The molecule has 2 unspecified atom stereocenters. The molecule has 0 bridgehead atoms. The summed E-state index contributed by atoms with van der Waals surface area (Å²) in [5, 5.41) is 4.61. The van der Waals surface area contributed by atoms with E-state index < -0.39 is 0 Å². The van der Waals surface area contributed by atoms with Gasteiger partial charge in [-0.3, -0.25) is 0 Å². The van der Waals surface area contributed by atoms with E-state index in [0.29, 0.717) is 21.9 Å². The van der Waals surface area contributed by atoms with Gasteiger partial charge in [-0.25, -0.2) is 0 Å². The van der Waals surface area contributed by atoms with E-state index in [1.807, 2.05) is 25.2 Å². The monoisotopic (exact) mass is 259 g/mol. The van der Waals surface area contributed by atoms with Gasteiger partial charge in [-0.1, -0.05) is 56.1 Å². The van der Waals surface area contributed by atoms with Crippen LogP contribution in [-0.2, 0) is 0 Å². The smallest absolute Gasteiger partial charge is 0.0640 e. The normalized spacial score (nSPS) is 15.2. The Hall–Kier alpha value is -0.240. The van der Waals surface area contributed by atoms with Crippen LogP contribution in [-0.4, -0.2) is 7.05 Å². The van der Waals surface area contributed by atoms with Crippen molar-refractivity contribution in [1.82, 2.24) is 5.32 Å². The first-order valence-electron chi connectivity index (χ1n) is 5.60. The second-order valence-electron chi connectivity index (χ2n) is 4.51. The predicted octanol–water partition coefficient (Wildman–Crippen LogP) is 4.55. The van der Waals surface area contributed by atoms with Crippen molar-refractivity contribution in [1.29, 1.82) is 0 Å². The quantitative estimate of drug-likeness (QED) is 0.837. The molecular formula is C13H19Cl2N. The van der Waals surface area contributed by atoms with Gasteiger partial charge in [-0.15, -0.1) is 0 Å². The van der Waals surface area contributed by atoms with Crippen molar-refractivity contribution in [2.45, 2.75) is 26.8 Å². The van der Waals surface area contributed by atoms with E-state index in [1.54, 1.807) is 0 Å². The summed E-state index contributed by atoms with van der Waals surface area (Å²) in [5.74, 6) is 1.09. The Balaban J connectivity index is 3.09. The molecule has 0 saturated heterocycles. The van der Waals surface area contributed by atoms with Crippen LogP contribution in [0.1, 0.15) is 32.4 Å². The summed E-state index contributed by atoms with van der Waals surface area (Å²) in [6.07, 6.45) is 0. The van der Waals surface area contributed by atoms with E-state index in [4.69, 9.17) is 23.2 Å². The molecule has 0 fully saturated rings. The van der Waals surface area contributed by atoms with Crippen LogP contribution in [0.3, 0.4) is 0 Å². The Morgan fingerprint density at radius 3 is 2.25 bits per heavy atom. The van der Waals surface area contributed by atoms with Gasteiger partial charge in [-0.05, 0) is 30.5 Å². The van der Waals surface area contributed by atoms with Gasteiger partial charge in [0.25, 0.3) is 0 Å². The zero-order valence-corrected chi connectivity index (χ0v) is 11.7. The third-order valence-corrected chi connectivity index (χ3v) is 4.04. The van der Waals surface area contributed by atoms with E-state index in [0.717, 1.165) is 5.56 Å². The van der Waals surface area contributed by atoms with Crippen molar-refractivity contribution in [2.24, 2.45) is 11.8 Å². The van der Waals surface area contributed by atoms with Gasteiger partial charge in [0.2, 0.25) is 0 Å². The molecule has 0 aliphatic rings. The lowest BCUT2D eigenvalue weighted by Gasteiger charge is -2.28. The predicted molar refractivity (Wildman–Crippen MR) is 72.3 cm³/mol. The average Bonchev–Trinajstić information content (AvgIpc) is 2.24. The molecule has 0 aliphatic carbocycles. The summed E-state index contributed by atoms with van der Waals surface area (Å²) in [6.45, 7) is 6.66. The Labute approximate surface area is 108 Å². The summed E-state index contributed by atoms with van der Waals surface area (Å²) in [4.78, 5) is 0. The molecular weight excluding hydrogens is 241 g/mol. The van der Waals surface area contributed by atoms with E-state index in [1.165, 1.54) is 0 Å². The molecule has 0 radical (unpaired) electrons. The molecule has 1 N–H and O–H groups in total. The second-order valence-corrected chi connectivity index (χ2v) is 5.30. The fourth-order valence-electron chi connectivity index (χ4n) is 1.85. The van der Waals surface area contributed by atoms with Crippen LogP contribution in [0, 0.1) is 11.8 Å². The Bertz CT molecular complexity index is 350. The third-order valence-electron chi connectivity index (χ3n) is 3.20. The van der Waals surface area contributed by atoms with Gasteiger partial charge in [0.1, 0.15) is 0 Å². The molecule has 3 heteroatoms. The van der Waals surface area contributed by atoms with Crippen molar-refractivity contribution in [3.05, 3.63) is 33.8 Å². The summed E-state index contributed by atoms with van der Waals surface area (Å²) in [5.41, 5.74) is 1.08. The molecule has 0 aromatic heterocycles. The largest absolute Gasteiger partial charge is 0.313 e. The van der Waals surface area contributed by atoms with Gasteiger partial charge in [0, 0.05) is 6.04 Å². The lowest BCUT2D eigenvalue weighted by atomic mass is 9.86. The van der Waals surface area contributed by atoms with Crippen LogP contribution in [0.15, 0.2) is 18.2 Å². The second kappa shape index (κ2) is 5.90. The van der Waals surface area contributed by atoms with E-state index in [2.05, 4.69) is 26.1 Å². The molecule has 16 heavy (non-hydrogen) atoms.